The van der Waals surface area contributed by atoms with Gasteiger partial charge in [-0.05, 0) is 50.9 Å². The van der Waals surface area contributed by atoms with Crippen molar-refractivity contribution in [3.05, 3.63) is 35.4 Å². The van der Waals surface area contributed by atoms with E-state index in [0.717, 1.165) is 44.7 Å². The van der Waals surface area contributed by atoms with Crippen molar-refractivity contribution in [2.24, 2.45) is 10.9 Å². The Morgan fingerprint density at radius 2 is 2.00 bits per heavy atom. The van der Waals surface area contributed by atoms with Crippen LogP contribution in [0.5, 0.6) is 0 Å². The van der Waals surface area contributed by atoms with Gasteiger partial charge in [0.05, 0.1) is 13.2 Å². The highest BCUT2D eigenvalue weighted by Crippen LogP contribution is 2.28. The molecule has 0 bridgehead atoms. The molecule has 0 radical (unpaired) electrons. The highest BCUT2D eigenvalue weighted by Gasteiger charge is 2.21. The zero-order valence-electron chi connectivity index (χ0n) is 16.3. The molecule has 2 rings (SSSR count). The molecule has 1 aliphatic carbocycles. The summed E-state index contributed by atoms with van der Waals surface area (Å²) in [5.74, 6) is 1.76. The molecule has 0 amide bonds. The van der Waals surface area contributed by atoms with E-state index >= 15 is 0 Å². The molecular weight excluding hydrogens is 312 g/mol. The quantitative estimate of drug-likeness (QED) is 0.402. The minimum absolute atomic E-state index is 0.691. The van der Waals surface area contributed by atoms with E-state index in [2.05, 4.69) is 67.4 Å². The van der Waals surface area contributed by atoms with Gasteiger partial charge in [0.2, 0.25) is 0 Å². The zero-order valence-corrected chi connectivity index (χ0v) is 16.3. The van der Waals surface area contributed by atoms with Crippen molar-refractivity contribution >= 4 is 5.96 Å². The van der Waals surface area contributed by atoms with Crippen LogP contribution >= 0.6 is 0 Å². The molecule has 1 aliphatic rings. The van der Waals surface area contributed by atoms with Crippen LogP contribution in [0, 0.1) is 5.92 Å². The molecule has 25 heavy (non-hydrogen) atoms. The van der Waals surface area contributed by atoms with Crippen molar-refractivity contribution in [1.82, 2.24) is 15.1 Å². The van der Waals surface area contributed by atoms with Crippen molar-refractivity contribution in [2.45, 2.75) is 32.9 Å². The molecule has 0 aliphatic heterocycles. The first-order chi connectivity index (χ1) is 12.1. The maximum Gasteiger partial charge on any atom is 0.194 e. The van der Waals surface area contributed by atoms with Gasteiger partial charge in [0.15, 0.2) is 5.96 Å². The Labute approximate surface area is 153 Å². The van der Waals surface area contributed by atoms with Gasteiger partial charge < -0.3 is 19.9 Å². The lowest BCUT2D eigenvalue weighted by atomic mass is 10.1. The second kappa shape index (κ2) is 10.4. The summed E-state index contributed by atoms with van der Waals surface area (Å²) in [6, 6.07) is 8.67. The fourth-order valence-corrected chi connectivity index (χ4v) is 2.67. The fraction of sp³-hybridized carbons (Fsp3) is 0.650. The molecule has 0 saturated heterocycles. The summed E-state index contributed by atoms with van der Waals surface area (Å²) in [6.07, 6.45) is 2.68. The normalized spacial score (nSPS) is 14.8. The summed E-state index contributed by atoms with van der Waals surface area (Å²) in [4.78, 5) is 9.13. The van der Waals surface area contributed by atoms with E-state index in [1.165, 1.54) is 24.0 Å². The van der Waals surface area contributed by atoms with Crippen LogP contribution in [0.25, 0.3) is 0 Å². The summed E-state index contributed by atoms with van der Waals surface area (Å²) in [7, 11) is 6.26. The third-order valence-electron chi connectivity index (χ3n) is 4.22. The van der Waals surface area contributed by atoms with E-state index in [1.807, 2.05) is 0 Å². The summed E-state index contributed by atoms with van der Waals surface area (Å²) < 4.78 is 5.74. The van der Waals surface area contributed by atoms with E-state index in [1.54, 1.807) is 0 Å². The van der Waals surface area contributed by atoms with Crippen molar-refractivity contribution in [3.8, 4) is 0 Å². The number of nitrogens with one attached hydrogen (secondary N) is 1. The van der Waals surface area contributed by atoms with E-state index in [9.17, 15) is 0 Å². The van der Waals surface area contributed by atoms with Crippen LogP contribution in [0.15, 0.2) is 29.3 Å². The van der Waals surface area contributed by atoms with Gasteiger partial charge in [0.1, 0.15) is 0 Å². The maximum atomic E-state index is 5.74. The van der Waals surface area contributed by atoms with Crippen LogP contribution in [0.3, 0.4) is 0 Å². The van der Waals surface area contributed by atoms with Gasteiger partial charge in [0.25, 0.3) is 0 Å². The largest absolute Gasteiger partial charge is 0.379 e. The Morgan fingerprint density at radius 1 is 1.24 bits per heavy atom. The molecule has 140 valence electrons. The molecule has 0 spiro atoms. The molecular formula is C20H34N4O. The molecule has 0 heterocycles. The highest BCUT2D eigenvalue weighted by molar-refractivity contribution is 5.79. The van der Waals surface area contributed by atoms with Crippen molar-refractivity contribution in [2.75, 3.05) is 47.4 Å². The lowest BCUT2D eigenvalue weighted by Gasteiger charge is -2.22. The van der Waals surface area contributed by atoms with E-state index in [-0.39, 0.29) is 0 Å². The number of likely N-dealkylation sites (N-methyl/N-ethyl adjacent to an activating group) is 1. The standard InChI is InChI=1S/C20H34N4O/c1-5-21-20(24(4)11-12-25-16-17-9-10-17)22-14-18-7-6-8-19(13-18)15-23(2)3/h6-8,13,17H,5,9-12,14-16H2,1-4H3,(H,21,22). The molecule has 5 heteroatoms. The van der Waals surface area contributed by atoms with Crippen LogP contribution in [-0.2, 0) is 17.8 Å². The number of aliphatic imine (C=N–C) groups is 1. The number of hydrogen-bond acceptors (Lipinski definition) is 3. The first kappa shape index (κ1) is 19.7. The lowest BCUT2D eigenvalue weighted by molar-refractivity contribution is 0.115. The molecule has 1 fully saturated rings. The Balaban J connectivity index is 1.86. The zero-order chi connectivity index (χ0) is 18.1. The van der Waals surface area contributed by atoms with Crippen molar-refractivity contribution in [1.29, 1.82) is 0 Å². The van der Waals surface area contributed by atoms with E-state index < -0.39 is 0 Å². The van der Waals surface area contributed by atoms with Crippen LogP contribution < -0.4 is 5.32 Å². The third-order valence-corrected chi connectivity index (χ3v) is 4.22. The maximum absolute atomic E-state index is 5.74. The predicted molar refractivity (Wildman–Crippen MR) is 105 cm³/mol. The van der Waals surface area contributed by atoms with Crippen molar-refractivity contribution in [3.63, 3.8) is 0 Å². The second-order valence-electron chi connectivity index (χ2n) is 7.17. The number of guanidine groups is 1. The smallest absolute Gasteiger partial charge is 0.194 e. The Kier molecular flexibility index (Phi) is 8.22. The topological polar surface area (TPSA) is 40.1 Å². The van der Waals surface area contributed by atoms with Crippen LogP contribution in [-0.4, -0.2) is 63.2 Å². The van der Waals surface area contributed by atoms with Gasteiger partial charge in [0, 0.05) is 33.3 Å². The Hall–Kier alpha value is -1.59. The van der Waals surface area contributed by atoms with E-state index in [4.69, 9.17) is 9.73 Å². The Bertz CT molecular complexity index is 540. The molecule has 1 saturated carbocycles. The molecule has 1 aromatic carbocycles. The summed E-state index contributed by atoms with van der Waals surface area (Å²) in [5, 5.41) is 3.37. The Morgan fingerprint density at radius 3 is 2.68 bits per heavy atom. The van der Waals surface area contributed by atoms with Gasteiger partial charge in [-0.15, -0.1) is 0 Å². The monoisotopic (exact) mass is 346 g/mol. The molecule has 0 atom stereocenters. The number of hydrogen-bond donors (Lipinski definition) is 1. The molecule has 1 aromatic rings. The second-order valence-corrected chi connectivity index (χ2v) is 7.17. The molecule has 0 aromatic heterocycles. The van der Waals surface area contributed by atoms with Gasteiger partial charge in [-0.3, -0.25) is 0 Å². The SMILES string of the molecule is CCNC(=NCc1cccc(CN(C)C)c1)N(C)CCOCC1CC1. The number of ether oxygens (including phenoxy) is 1. The molecule has 1 N–H and O–H groups in total. The average molecular weight is 347 g/mol. The molecule has 5 nitrogen and oxygen atoms in total. The number of nitrogens with zero attached hydrogens (tertiary/aromatic N) is 3. The first-order valence-corrected chi connectivity index (χ1v) is 9.38. The fourth-order valence-electron chi connectivity index (χ4n) is 2.67. The number of rotatable bonds is 10. The highest BCUT2D eigenvalue weighted by atomic mass is 16.5. The number of benzene rings is 1. The molecule has 0 unspecified atom stereocenters. The minimum Gasteiger partial charge on any atom is -0.379 e. The summed E-state index contributed by atoms with van der Waals surface area (Å²) >= 11 is 0. The summed E-state index contributed by atoms with van der Waals surface area (Å²) in [5.41, 5.74) is 2.57. The van der Waals surface area contributed by atoms with Crippen molar-refractivity contribution < 1.29 is 4.74 Å². The lowest BCUT2D eigenvalue weighted by Crippen LogP contribution is -2.40. The van der Waals surface area contributed by atoms with Crippen LogP contribution in [0.2, 0.25) is 0 Å². The third kappa shape index (κ3) is 7.88. The van der Waals surface area contributed by atoms with E-state index in [0.29, 0.717) is 6.54 Å². The van der Waals surface area contributed by atoms with Gasteiger partial charge in [-0.2, -0.15) is 0 Å². The predicted octanol–water partition coefficient (Wildman–Crippen LogP) is 2.57. The first-order valence-electron chi connectivity index (χ1n) is 9.38. The minimum atomic E-state index is 0.691. The van der Waals surface area contributed by atoms with Gasteiger partial charge in [-0.25, -0.2) is 4.99 Å². The van der Waals surface area contributed by atoms with Gasteiger partial charge in [-0.1, -0.05) is 24.3 Å². The average Bonchev–Trinajstić information content (AvgIpc) is 3.39. The van der Waals surface area contributed by atoms with Crippen LogP contribution in [0.1, 0.15) is 30.9 Å². The van der Waals surface area contributed by atoms with Gasteiger partial charge >= 0.3 is 0 Å². The van der Waals surface area contributed by atoms with Crippen LogP contribution in [0.4, 0.5) is 0 Å². The summed E-state index contributed by atoms with van der Waals surface area (Å²) in [6.45, 7) is 7.15.